The fourth-order valence-corrected chi connectivity index (χ4v) is 4.00. The van der Waals surface area contributed by atoms with Gasteiger partial charge in [0.15, 0.2) is 5.54 Å². The van der Waals surface area contributed by atoms with Crippen LogP contribution in [0.5, 0.6) is 0 Å². The Hall–Kier alpha value is -0.570. The molecule has 1 N–H and O–H groups in total. The molecule has 0 aromatic heterocycles. The molecule has 0 aromatic rings. The SMILES string of the molecule is CC[N+]1(C2(C(=O)NC)CCC2)CCCCCC1. The smallest absolute Gasteiger partial charge is 0.281 e. The van der Waals surface area contributed by atoms with Gasteiger partial charge in [0.2, 0.25) is 0 Å². The number of nitrogens with zero attached hydrogens (tertiary/aromatic N) is 1. The van der Waals surface area contributed by atoms with Crippen molar-refractivity contribution in [2.24, 2.45) is 0 Å². The molecule has 2 fully saturated rings. The Kier molecular flexibility index (Phi) is 3.76. The van der Waals surface area contributed by atoms with Crippen LogP contribution in [0.15, 0.2) is 0 Å². The molecule has 1 amide bonds. The van der Waals surface area contributed by atoms with Crippen molar-refractivity contribution in [3.8, 4) is 0 Å². The standard InChI is InChI=1S/C14H26N2O/c1-3-16(11-6-4-5-7-12-16)14(9-8-10-14)13(17)15-2/h3-12H2,1-2H3/p+1. The average molecular weight is 239 g/mol. The van der Waals surface area contributed by atoms with Crippen molar-refractivity contribution < 1.29 is 9.28 Å². The number of hydrogen-bond acceptors (Lipinski definition) is 1. The molecular weight excluding hydrogens is 212 g/mol. The maximum absolute atomic E-state index is 12.4. The van der Waals surface area contributed by atoms with E-state index in [1.165, 1.54) is 45.2 Å². The number of nitrogens with one attached hydrogen (secondary N) is 1. The fourth-order valence-electron chi connectivity index (χ4n) is 4.00. The molecule has 2 rings (SSSR count). The molecule has 1 aliphatic carbocycles. The van der Waals surface area contributed by atoms with Gasteiger partial charge in [-0.15, -0.1) is 0 Å². The van der Waals surface area contributed by atoms with E-state index in [-0.39, 0.29) is 5.54 Å². The Balaban J connectivity index is 2.27. The molecule has 0 spiro atoms. The maximum Gasteiger partial charge on any atom is 0.281 e. The summed E-state index contributed by atoms with van der Waals surface area (Å²) in [5, 5.41) is 2.93. The average Bonchev–Trinajstić information content (AvgIpc) is 2.54. The summed E-state index contributed by atoms with van der Waals surface area (Å²) in [6, 6.07) is 0. The predicted octanol–water partition coefficient (Wildman–Crippen LogP) is 2.07. The Labute approximate surface area is 105 Å². The first-order chi connectivity index (χ1) is 8.21. The number of carbonyl (C=O) groups excluding carboxylic acids is 1. The van der Waals surface area contributed by atoms with E-state index in [4.69, 9.17) is 0 Å². The highest BCUT2D eigenvalue weighted by Gasteiger charge is 2.59. The van der Waals surface area contributed by atoms with Crippen LogP contribution < -0.4 is 5.32 Å². The van der Waals surface area contributed by atoms with Crippen molar-refractivity contribution in [3.05, 3.63) is 0 Å². The lowest BCUT2D eigenvalue weighted by molar-refractivity contribution is -0.970. The molecule has 0 aromatic carbocycles. The summed E-state index contributed by atoms with van der Waals surface area (Å²) >= 11 is 0. The van der Waals surface area contributed by atoms with E-state index in [1.807, 2.05) is 0 Å². The van der Waals surface area contributed by atoms with Crippen molar-refractivity contribution in [1.82, 2.24) is 5.32 Å². The van der Waals surface area contributed by atoms with Crippen LogP contribution in [-0.4, -0.2) is 42.6 Å². The van der Waals surface area contributed by atoms with Crippen LogP contribution in [-0.2, 0) is 4.79 Å². The molecule has 1 saturated carbocycles. The van der Waals surface area contributed by atoms with E-state index in [1.54, 1.807) is 7.05 Å². The second-order valence-corrected chi connectivity index (χ2v) is 5.79. The van der Waals surface area contributed by atoms with E-state index < -0.39 is 0 Å². The lowest BCUT2D eigenvalue weighted by atomic mass is 9.72. The molecular formula is C14H27N2O+. The van der Waals surface area contributed by atoms with Crippen molar-refractivity contribution >= 4 is 5.91 Å². The molecule has 0 unspecified atom stereocenters. The van der Waals surface area contributed by atoms with Crippen LogP contribution in [0.2, 0.25) is 0 Å². The third kappa shape index (κ3) is 1.88. The van der Waals surface area contributed by atoms with Gasteiger partial charge < -0.3 is 9.80 Å². The van der Waals surface area contributed by atoms with Crippen LogP contribution in [0.25, 0.3) is 0 Å². The number of likely N-dealkylation sites (tertiary alicyclic amines) is 1. The third-order valence-electron chi connectivity index (χ3n) is 5.27. The highest BCUT2D eigenvalue weighted by Crippen LogP contribution is 2.44. The number of rotatable bonds is 3. The second kappa shape index (κ2) is 4.97. The Bertz CT molecular complexity index is 276. The van der Waals surface area contributed by atoms with E-state index in [0.29, 0.717) is 5.91 Å². The van der Waals surface area contributed by atoms with Gasteiger partial charge in [-0.25, -0.2) is 0 Å². The summed E-state index contributed by atoms with van der Waals surface area (Å²) in [6.45, 7) is 5.82. The Morgan fingerprint density at radius 2 is 1.71 bits per heavy atom. The van der Waals surface area contributed by atoms with E-state index in [2.05, 4.69) is 12.2 Å². The van der Waals surface area contributed by atoms with Crippen LogP contribution >= 0.6 is 0 Å². The normalized spacial score (nSPS) is 26.7. The molecule has 1 aliphatic heterocycles. The zero-order chi connectivity index (χ0) is 12.4. The molecule has 98 valence electrons. The predicted molar refractivity (Wildman–Crippen MR) is 69.7 cm³/mol. The van der Waals surface area contributed by atoms with E-state index in [9.17, 15) is 4.79 Å². The van der Waals surface area contributed by atoms with Gasteiger partial charge in [0.1, 0.15) is 0 Å². The number of amides is 1. The summed E-state index contributed by atoms with van der Waals surface area (Å²) in [7, 11) is 1.80. The molecule has 1 saturated heterocycles. The van der Waals surface area contributed by atoms with Crippen LogP contribution in [0, 0.1) is 0 Å². The van der Waals surface area contributed by atoms with Gasteiger partial charge in [-0.1, -0.05) is 0 Å². The van der Waals surface area contributed by atoms with Gasteiger partial charge in [-0.2, -0.15) is 0 Å². The van der Waals surface area contributed by atoms with Gasteiger partial charge in [-0.05, 0) is 39.0 Å². The van der Waals surface area contributed by atoms with Crippen LogP contribution in [0.1, 0.15) is 51.9 Å². The van der Waals surface area contributed by atoms with Crippen molar-refractivity contribution in [1.29, 1.82) is 0 Å². The highest BCUT2D eigenvalue weighted by molar-refractivity contribution is 5.85. The molecule has 17 heavy (non-hydrogen) atoms. The van der Waals surface area contributed by atoms with Gasteiger partial charge in [0, 0.05) is 19.9 Å². The fraction of sp³-hybridized carbons (Fsp3) is 0.929. The second-order valence-electron chi connectivity index (χ2n) is 5.79. The molecule has 3 heteroatoms. The van der Waals surface area contributed by atoms with Crippen molar-refractivity contribution in [2.45, 2.75) is 57.4 Å². The molecule has 0 atom stereocenters. The maximum atomic E-state index is 12.4. The van der Waals surface area contributed by atoms with Crippen LogP contribution in [0.3, 0.4) is 0 Å². The molecule has 0 bridgehead atoms. The first-order valence-corrected chi connectivity index (χ1v) is 7.29. The van der Waals surface area contributed by atoms with Gasteiger partial charge in [-0.3, -0.25) is 4.79 Å². The van der Waals surface area contributed by atoms with Crippen LogP contribution in [0.4, 0.5) is 0 Å². The summed E-state index contributed by atoms with van der Waals surface area (Å²) in [4.78, 5) is 12.4. The van der Waals surface area contributed by atoms with E-state index >= 15 is 0 Å². The Morgan fingerprint density at radius 1 is 1.12 bits per heavy atom. The molecule has 2 aliphatic rings. The largest absolute Gasteiger partial charge is 0.354 e. The minimum Gasteiger partial charge on any atom is -0.354 e. The molecule has 3 nitrogen and oxygen atoms in total. The lowest BCUT2D eigenvalue weighted by Gasteiger charge is -2.56. The summed E-state index contributed by atoms with van der Waals surface area (Å²) in [5.74, 6) is 0.299. The Morgan fingerprint density at radius 3 is 2.06 bits per heavy atom. The first kappa shape index (κ1) is 12.9. The summed E-state index contributed by atoms with van der Waals surface area (Å²) in [6.07, 6.45) is 8.72. The molecule has 0 radical (unpaired) electrons. The topological polar surface area (TPSA) is 29.1 Å². The van der Waals surface area contributed by atoms with Crippen molar-refractivity contribution in [2.75, 3.05) is 26.7 Å². The summed E-state index contributed by atoms with van der Waals surface area (Å²) in [5.41, 5.74) is -0.0756. The monoisotopic (exact) mass is 239 g/mol. The minimum absolute atomic E-state index is 0.0756. The van der Waals surface area contributed by atoms with Gasteiger partial charge in [0.05, 0.1) is 19.6 Å². The lowest BCUT2D eigenvalue weighted by Crippen LogP contribution is -2.73. The number of hydrogen-bond donors (Lipinski definition) is 1. The third-order valence-corrected chi connectivity index (χ3v) is 5.27. The van der Waals surface area contributed by atoms with Gasteiger partial charge >= 0.3 is 0 Å². The highest BCUT2D eigenvalue weighted by atomic mass is 16.2. The minimum atomic E-state index is -0.0756. The van der Waals surface area contributed by atoms with E-state index in [0.717, 1.165) is 23.9 Å². The first-order valence-electron chi connectivity index (χ1n) is 7.29. The number of quaternary nitrogens is 1. The quantitative estimate of drug-likeness (QED) is 0.751. The zero-order valence-electron chi connectivity index (χ0n) is 11.4. The molecule has 1 heterocycles. The zero-order valence-corrected chi connectivity index (χ0v) is 11.4. The number of likely N-dealkylation sites (N-methyl/N-ethyl adjacent to an activating group) is 2. The number of carbonyl (C=O) groups is 1. The summed E-state index contributed by atoms with van der Waals surface area (Å²) < 4.78 is 1.06. The van der Waals surface area contributed by atoms with Gasteiger partial charge in [0.25, 0.3) is 5.91 Å². The van der Waals surface area contributed by atoms with Crippen molar-refractivity contribution in [3.63, 3.8) is 0 Å².